The lowest BCUT2D eigenvalue weighted by Gasteiger charge is -2.39. The van der Waals surface area contributed by atoms with Crippen molar-refractivity contribution in [3.05, 3.63) is 18.6 Å². The standard InChI is InChI=1S/C12H19N3OS/c1-13-12(9-16)4-2-3-10(7-12)17-11-8-14-5-6-15-11/h5-6,8,10,13,16H,2-4,7,9H2,1H3. The Morgan fingerprint density at radius 3 is 3.12 bits per heavy atom. The van der Waals surface area contributed by atoms with Gasteiger partial charge in [0.2, 0.25) is 0 Å². The number of rotatable bonds is 4. The highest BCUT2D eigenvalue weighted by atomic mass is 32.2. The Balaban J connectivity index is 1.98. The van der Waals surface area contributed by atoms with Crippen molar-refractivity contribution in [3.8, 4) is 0 Å². The van der Waals surface area contributed by atoms with Crippen LogP contribution in [0.2, 0.25) is 0 Å². The van der Waals surface area contributed by atoms with E-state index in [0.29, 0.717) is 5.25 Å². The van der Waals surface area contributed by atoms with Crippen LogP contribution in [0.15, 0.2) is 23.6 Å². The summed E-state index contributed by atoms with van der Waals surface area (Å²) in [5.41, 5.74) is -0.0991. The summed E-state index contributed by atoms with van der Waals surface area (Å²) in [4.78, 5) is 8.37. The Labute approximate surface area is 106 Å². The first-order valence-corrected chi connectivity index (χ1v) is 6.88. The SMILES string of the molecule is CNC1(CO)CCCC(Sc2cnccn2)C1. The number of thioether (sulfide) groups is 1. The summed E-state index contributed by atoms with van der Waals surface area (Å²) in [5.74, 6) is 0. The Bertz CT molecular complexity index is 343. The molecular formula is C12H19N3OS. The largest absolute Gasteiger partial charge is 0.394 e. The molecule has 17 heavy (non-hydrogen) atoms. The summed E-state index contributed by atoms with van der Waals surface area (Å²) in [6, 6.07) is 0. The van der Waals surface area contributed by atoms with Crippen molar-refractivity contribution in [2.45, 2.75) is 41.5 Å². The van der Waals surface area contributed by atoms with Crippen LogP contribution in [-0.2, 0) is 0 Å². The van der Waals surface area contributed by atoms with Crippen LogP contribution < -0.4 is 5.32 Å². The zero-order valence-corrected chi connectivity index (χ0v) is 10.9. The lowest BCUT2D eigenvalue weighted by atomic mass is 9.82. The molecule has 1 aromatic rings. The van der Waals surface area contributed by atoms with E-state index in [4.69, 9.17) is 0 Å². The Kier molecular flexibility index (Phi) is 4.36. The lowest BCUT2D eigenvalue weighted by Crippen LogP contribution is -2.50. The molecule has 0 amide bonds. The number of hydrogen-bond acceptors (Lipinski definition) is 5. The van der Waals surface area contributed by atoms with Crippen LogP contribution in [0.4, 0.5) is 0 Å². The van der Waals surface area contributed by atoms with E-state index >= 15 is 0 Å². The zero-order chi connectivity index (χ0) is 12.1. The van der Waals surface area contributed by atoms with E-state index in [9.17, 15) is 5.11 Å². The van der Waals surface area contributed by atoms with E-state index in [1.165, 1.54) is 6.42 Å². The summed E-state index contributed by atoms with van der Waals surface area (Å²) in [6.07, 6.45) is 9.60. The average Bonchev–Trinajstić information content (AvgIpc) is 2.40. The molecule has 94 valence electrons. The summed E-state index contributed by atoms with van der Waals surface area (Å²) < 4.78 is 0. The van der Waals surface area contributed by atoms with Crippen molar-refractivity contribution in [2.75, 3.05) is 13.7 Å². The highest BCUT2D eigenvalue weighted by Gasteiger charge is 2.34. The Hall–Kier alpha value is -0.650. The molecule has 0 aliphatic heterocycles. The van der Waals surface area contributed by atoms with Gasteiger partial charge in [0.25, 0.3) is 0 Å². The van der Waals surface area contributed by atoms with Gasteiger partial charge in [0.1, 0.15) is 5.03 Å². The van der Waals surface area contributed by atoms with Gasteiger partial charge in [0.05, 0.1) is 12.8 Å². The maximum Gasteiger partial charge on any atom is 0.115 e. The van der Waals surface area contributed by atoms with Crippen LogP contribution in [-0.4, -0.2) is 39.5 Å². The first kappa shape index (κ1) is 12.8. The summed E-state index contributed by atoms with van der Waals surface area (Å²) in [5, 5.41) is 14.3. The van der Waals surface area contributed by atoms with Crippen LogP contribution >= 0.6 is 11.8 Å². The van der Waals surface area contributed by atoms with E-state index in [1.807, 2.05) is 7.05 Å². The number of aliphatic hydroxyl groups is 1. The third kappa shape index (κ3) is 3.18. The van der Waals surface area contributed by atoms with Crippen molar-refractivity contribution in [1.82, 2.24) is 15.3 Å². The smallest absolute Gasteiger partial charge is 0.115 e. The molecule has 1 aliphatic rings. The Morgan fingerprint density at radius 1 is 1.59 bits per heavy atom. The van der Waals surface area contributed by atoms with Crippen molar-refractivity contribution in [3.63, 3.8) is 0 Å². The Morgan fingerprint density at radius 2 is 2.47 bits per heavy atom. The van der Waals surface area contributed by atoms with Gasteiger partial charge in [-0.25, -0.2) is 4.98 Å². The zero-order valence-electron chi connectivity index (χ0n) is 10.1. The van der Waals surface area contributed by atoms with Gasteiger partial charge in [-0.05, 0) is 26.3 Å². The predicted octanol–water partition coefficient (Wildman–Crippen LogP) is 1.46. The summed E-state index contributed by atoms with van der Waals surface area (Å²) in [7, 11) is 1.94. The number of aromatic nitrogens is 2. The molecule has 4 nitrogen and oxygen atoms in total. The van der Waals surface area contributed by atoms with Crippen molar-refractivity contribution in [1.29, 1.82) is 0 Å². The molecule has 2 N–H and O–H groups in total. The molecule has 0 saturated heterocycles. The molecule has 1 aromatic heterocycles. The molecule has 2 atom stereocenters. The summed E-state index contributed by atoms with van der Waals surface area (Å²) >= 11 is 1.77. The maximum atomic E-state index is 9.53. The quantitative estimate of drug-likeness (QED) is 0.851. The molecule has 1 fully saturated rings. The number of nitrogens with zero attached hydrogens (tertiary/aromatic N) is 2. The number of hydrogen-bond donors (Lipinski definition) is 2. The molecule has 2 unspecified atom stereocenters. The fourth-order valence-electron chi connectivity index (χ4n) is 2.38. The number of aliphatic hydroxyl groups excluding tert-OH is 1. The van der Waals surface area contributed by atoms with Crippen molar-refractivity contribution >= 4 is 11.8 Å². The average molecular weight is 253 g/mol. The first-order valence-electron chi connectivity index (χ1n) is 6.00. The molecule has 1 aliphatic carbocycles. The highest BCUT2D eigenvalue weighted by molar-refractivity contribution is 7.99. The molecule has 1 saturated carbocycles. The van der Waals surface area contributed by atoms with Crippen LogP contribution in [0, 0.1) is 0 Å². The van der Waals surface area contributed by atoms with Gasteiger partial charge in [0, 0.05) is 23.2 Å². The maximum absolute atomic E-state index is 9.53. The third-order valence-corrected chi connectivity index (χ3v) is 4.65. The fourth-order valence-corrected chi connectivity index (χ4v) is 3.65. The normalized spacial score (nSPS) is 29.2. The van der Waals surface area contributed by atoms with E-state index < -0.39 is 0 Å². The predicted molar refractivity (Wildman–Crippen MR) is 69.0 cm³/mol. The minimum absolute atomic E-state index is 0.0991. The minimum atomic E-state index is -0.0991. The van der Waals surface area contributed by atoms with Crippen LogP contribution in [0.1, 0.15) is 25.7 Å². The minimum Gasteiger partial charge on any atom is -0.394 e. The molecule has 1 heterocycles. The third-order valence-electron chi connectivity index (χ3n) is 3.46. The van der Waals surface area contributed by atoms with Gasteiger partial charge in [-0.3, -0.25) is 4.98 Å². The van der Waals surface area contributed by atoms with Crippen molar-refractivity contribution in [2.24, 2.45) is 0 Å². The first-order chi connectivity index (χ1) is 8.28. The van der Waals surface area contributed by atoms with Gasteiger partial charge >= 0.3 is 0 Å². The molecular weight excluding hydrogens is 234 g/mol. The molecule has 5 heteroatoms. The van der Waals surface area contributed by atoms with E-state index in [0.717, 1.165) is 24.3 Å². The molecule has 2 rings (SSSR count). The van der Waals surface area contributed by atoms with E-state index in [2.05, 4.69) is 15.3 Å². The van der Waals surface area contributed by atoms with Crippen LogP contribution in [0.5, 0.6) is 0 Å². The topological polar surface area (TPSA) is 58.0 Å². The van der Waals surface area contributed by atoms with E-state index in [1.54, 1.807) is 30.4 Å². The second-order valence-electron chi connectivity index (χ2n) is 4.57. The summed E-state index contributed by atoms with van der Waals surface area (Å²) in [6.45, 7) is 0.209. The molecule has 0 bridgehead atoms. The molecule has 0 radical (unpaired) electrons. The number of likely N-dealkylation sites (N-methyl/N-ethyl adjacent to an activating group) is 1. The number of nitrogens with one attached hydrogen (secondary N) is 1. The van der Waals surface area contributed by atoms with Gasteiger partial charge in [-0.15, -0.1) is 11.8 Å². The van der Waals surface area contributed by atoms with Gasteiger partial charge in [-0.2, -0.15) is 0 Å². The van der Waals surface area contributed by atoms with E-state index in [-0.39, 0.29) is 12.1 Å². The molecule has 0 aromatic carbocycles. The highest BCUT2D eigenvalue weighted by Crippen LogP contribution is 2.37. The van der Waals surface area contributed by atoms with Gasteiger partial charge < -0.3 is 10.4 Å². The molecule has 0 spiro atoms. The van der Waals surface area contributed by atoms with Gasteiger partial charge in [-0.1, -0.05) is 6.42 Å². The van der Waals surface area contributed by atoms with Crippen LogP contribution in [0.3, 0.4) is 0 Å². The fraction of sp³-hybridized carbons (Fsp3) is 0.667. The lowest BCUT2D eigenvalue weighted by molar-refractivity contribution is 0.131. The monoisotopic (exact) mass is 253 g/mol. The van der Waals surface area contributed by atoms with Crippen LogP contribution in [0.25, 0.3) is 0 Å². The second-order valence-corrected chi connectivity index (χ2v) is 5.89. The van der Waals surface area contributed by atoms with Crippen molar-refractivity contribution < 1.29 is 5.11 Å². The second kappa shape index (κ2) is 5.80. The van der Waals surface area contributed by atoms with Gasteiger partial charge in [0.15, 0.2) is 0 Å².